The van der Waals surface area contributed by atoms with Gasteiger partial charge >= 0.3 is 11.9 Å². The minimum absolute atomic E-state index is 0.0162. The Morgan fingerprint density at radius 2 is 1.56 bits per heavy atom. The molecule has 2 aromatic carbocycles. The number of esters is 2. The first-order valence-electron chi connectivity index (χ1n) is 10.9. The average Bonchev–Trinajstić information content (AvgIpc) is 2.85. The monoisotopic (exact) mass is 557 g/mol. The van der Waals surface area contributed by atoms with E-state index in [4.69, 9.17) is 68.6 Å². The minimum atomic E-state index is -2.22. The molecule has 2 aliphatic heterocycles. The fraction of sp³-hybridized carbons (Fsp3) is 0.375. The Labute approximate surface area is 221 Å². The van der Waals surface area contributed by atoms with Crippen molar-refractivity contribution in [3.63, 3.8) is 0 Å². The maximum Gasteiger partial charge on any atom is 0.338 e. The van der Waals surface area contributed by atoms with Crippen molar-refractivity contribution in [2.75, 3.05) is 6.61 Å². The number of alkyl halides is 3. The van der Waals surface area contributed by atoms with E-state index in [1.54, 1.807) is 30.3 Å². The molecule has 0 aromatic heterocycles. The zero-order valence-corrected chi connectivity index (χ0v) is 21.1. The first kappa shape index (κ1) is 26.7. The van der Waals surface area contributed by atoms with Gasteiger partial charge in [-0.05, 0) is 12.1 Å². The Balaban J connectivity index is 1.66. The van der Waals surface area contributed by atoms with Crippen molar-refractivity contribution in [3.8, 4) is 0 Å². The van der Waals surface area contributed by atoms with Crippen molar-refractivity contribution in [1.82, 2.24) is 0 Å². The van der Waals surface area contributed by atoms with Crippen LogP contribution in [-0.4, -0.2) is 58.9 Å². The molecule has 2 fully saturated rings. The quantitative estimate of drug-likeness (QED) is 0.249. The van der Waals surface area contributed by atoms with E-state index in [1.807, 2.05) is 30.3 Å². The summed E-state index contributed by atoms with van der Waals surface area (Å²) in [6.07, 6.45) is -6.59. The Morgan fingerprint density at radius 1 is 0.917 bits per heavy atom. The molecule has 0 radical (unpaired) electrons. The number of fused-ring (bicyclic) bond motifs is 1. The third-order valence-electron chi connectivity index (χ3n) is 5.40. The van der Waals surface area contributed by atoms with Gasteiger partial charge in [-0.3, -0.25) is 10.2 Å². The van der Waals surface area contributed by atoms with Crippen molar-refractivity contribution in [1.29, 1.82) is 5.41 Å². The smallest absolute Gasteiger partial charge is 0.338 e. The van der Waals surface area contributed by atoms with Gasteiger partial charge in [-0.25, -0.2) is 4.79 Å². The van der Waals surface area contributed by atoms with E-state index >= 15 is 0 Å². The van der Waals surface area contributed by atoms with Crippen molar-refractivity contribution < 1.29 is 38.0 Å². The Bertz CT molecular complexity index is 1080. The summed E-state index contributed by atoms with van der Waals surface area (Å²) in [6, 6.07) is 17.3. The molecule has 0 bridgehead atoms. The molecule has 0 saturated carbocycles. The third kappa shape index (κ3) is 6.29. The lowest BCUT2D eigenvalue weighted by molar-refractivity contribution is -0.352. The van der Waals surface area contributed by atoms with E-state index in [1.165, 1.54) is 6.92 Å². The molecule has 2 aliphatic rings. The van der Waals surface area contributed by atoms with Crippen molar-refractivity contribution in [2.24, 2.45) is 0 Å². The number of hydrogen-bond acceptors (Lipinski definition) is 9. The van der Waals surface area contributed by atoms with E-state index in [0.717, 1.165) is 5.56 Å². The maximum atomic E-state index is 12.9. The maximum absolute atomic E-state index is 12.9. The molecule has 1 unspecified atom stereocenters. The molecule has 9 nitrogen and oxygen atoms in total. The summed E-state index contributed by atoms with van der Waals surface area (Å²) >= 11 is 17.3. The zero-order chi connectivity index (χ0) is 25.9. The first-order valence-corrected chi connectivity index (χ1v) is 12.0. The predicted molar refractivity (Wildman–Crippen MR) is 129 cm³/mol. The molecule has 6 atom stereocenters. The lowest BCUT2D eigenvalue weighted by Crippen LogP contribution is -2.64. The van der Waals surface area contributed by atoms with Gasteiger partial charge in [-0.2, -0.15) is 0 Å². The number of ether oxygens (including phenoxy) is 6. The topological polar surface area (TPSA) is 113 Å². The second-order valence-electron chi connectivity index (χ2n) is 7.97. The van der Waals surface area contributed by atoms with Crippen molar-refractivity contribution >= 4 is 52.6 Å². The van der Waals surface area contributed by atoms with Gasteiger partial charge in [0, 0.05) is 12.5 Å². The fourth-order valence-corrected chi connectivity index (χ4v) is 3.95. The van der Waals surface area contributed by atoms with Crippen LogP contribution in [0.3, 0.4) is 0 Å². The number of carbonyl (C=O) groups excluding carboxylic acids is 2. The molecule has 1 N–H and O–H groups in total. The average molecular weight is 559 g/mol. The lowest BCUT2D eigenvalue weighted by Gasteiger charge is -2.48. The Hall–Kier alpha value is -2.40. The van der Waals surface area contributed by atoms with Gasteiger partial charge in [-0.1, -0.05) is 83.3 Å². The summed E-state index contributed by atoms with van der Waals surface area (Å²) in [7, 11) is 0. The Morgan fingerprint density at radius 3 is 2.17 bits per heavy atom. The molecule has 12 heteroatoms. The molecule has 36 heavy (non-hydrogen) atoms. The van der Waals surface area contributed by atoms with Crippen LogP contribution < -0.4 is 0 Å². The van der Waals surface area contributed by atoms with Gasteiger partial charge in [-0.15, -0.1) is 0 Å². The van der Waals surface area contributed by atoms with Crippen LogP contribution in [0.4, 0.5) is 0 Å². The SMILES string of the molecule is CC(=O)O[C@H]1[C@@H]2O[C@H](c3ccccc3)OC[C@H]2OC(OC(=N)C(Cl)(Cl)Cl)[C@@H]1OC(=O)c1ccccc1. The summed E-state index contributed by atoms with van der Waals surface area (Å²) in [4.78, 5) is 25.0. The number of hydrogen-bond donors (Lipinski definition) is 1. The van der Waals surface area contributed by atoms with Crippen LogP contribution in [0.25, 0.3) is 0 Å². The zero-order valence-electron chi connectivity index (χ0n) is 18.8. The molecule has 192 valence electrons. The molecule has 0 spiro atoms. The predicted octanol–water partition coefficient (Wildman–Crippen LogP) is 4.35. The van der Waals surface area contributed by atoms with Gasteiger partial charge in [0.15, 0.2) is 12.4 Å². The van der Waals surface area contributed by atoms with Crippen LogP contribution in [-0.2, 0) is 33.2 Å². The number of halogens is 3. The van der Waals surface area contributed by atoms with Crippen LogP contribution in [0.5, 0.6) is 0 Å². The van der Waals surface area contributed by atoms with E-state index < -0.39 is 58.6 Å². The van der Waals surface area contributed by atoms with Crippen molar-refractivity contribution in [3.05, 3.63) is 71.8 Å². The van der Waals surface area contributed by atoms with Crippen LogP contribution in [0.2, 0.25) is 0 Å². The number of nitrogens with one attached hydrogen (secondary N) is 1. The minimum Gasteiger partial charge on any atom is -0.455 e. The lowest BCUT2D eigenvalue weighted by atomic mass is 9.97. The number of benzene rings is 2. The highest BCUT2D eigenvalue weighted by atomic mass is 35.6. The molecule has 2 aromatic rings. The summed E-state index contributed by atoms with van der Waals surface area (Å²) in [5.74, 6) is -2.19. The second kappa shape index (κ2) is 11.3. The van der Waals surface area contributed by atoms with Gasteiger partial charge in [0.1, 0.15) is 12.2 Å². The van der Waals surface area contributed by atoms with Gasteiger partial charge < -0.3 is 28.4 Å². The van der Waals surface area contributed by atoms with Crippen LogP contribution in [0, 0.1) is 5.41 Å². The molecule has 2 heterocycles. The van der Waals surface area contributed by atoms with Crippen molar-refractivity contribution in [2.45, 2.75) is 47.7 Å². The highest BCUT2D eigenvalue weighted by Crippen LogP contribution is 2.38. The van der Waals surface area contributed by atoms with Crippen LogP contribution >= 0.6 is 34.8 Å². The van der Waals surface area contributed by atoms with Crippen LogP contribution in [0.15, 0.2) is 60.7 Å². The molecular weight excluding hydrogens is 537 g/mol. The molecule has 0 aliphatic carbocycles. The molecule has 0 amide bonds. The normalized spacial score (nSPS) is 27.9. The number of rotatable bonds is 5. The standard InChI is InChI=1S/C24H22Cl3NO8/c1-13(29)32-18-17-16(12-31-21(35-17)15-10-6-3-7-11-15)33-22(36-23(28)24(25,26)27)19(18)34-20(30)14-8-4-2-5-9-14/h2-11,16-19,21-22,28H,12H2,1H3/t16-,17-,18+,19-,21-,22?/m1/s1. The van der Waals surface area contributed by atoms with E-state index in [0.29, 0.717) is 0 Å². The van der Waals surface area contributed by atoms with E-state index in [2.05, 4.69) is 0 Å². The van der Waals surface area contributed by atoms with E-state index in [9.17, 15) is 9.59 Å². The van der Waals surface area contributed by atoms with Gasteiger partial charge in [0.25, 0.3) is 3.79 Å². The van der Waals surface area contributed by atoms with Gasteiger partial charge in [0.2, 0.25) is 18.3 Å². The Kier molecular flexibility index (Phi) is 8.39. The highest BCUT2D eigenvalue weighted by Gasteiger charge is 2.55. The highest BCUT2D eigenvalue weighted by molar-refractivity contribution is 6.76. The molecule has 2 saturated heterocycles. The first-order chi connectivity index (χ1) is 17.1. The third-order valence-corrected chi connectivity index (χ3v) is 5.92. The number of carbonyl (C=O) groups is 2. The summed E-state index contributed by atoms with van der Waals surface area (Å²) in [5.41, 5.74) is 0.957. The fourth-order valence-electron chi connectivity index (χ4n) is 3.82. The summed E-state index contributed by atoms with van der Waals surface area (Å²) in [6.45, 7) is 1.22. The van der Waals surface area contributed by atoms with Crippen LogP contribution in [0.1, 0.15) is 29.1 Å². The molecule has 4 rings (SSSR count). The largest absolute Gasteiger partial charge is 0.455 e. The second-order valence-corrected chi connectivity index (χ2v) is 10.3. The summed E-state index contributed by atoms with van der Waals surface area (Å²) in [5, 5.41) is 7.99. The summed E-state index contributed by atoms with van der Waals surface area (Å²) < 4.78 is 32.4. The molecular formula is C24H22Cl3NO8. The van der Waals surface area contributed by atoms with E-state index in [-0.39, 0.29) is 12.2 Å². The van der Waals surface area contributed by atoms with Gasteiger partial charge in [0.05, 0.1) is 12.2 Å².